The molecule has 0 unspecified atom stereocenters. The van der Waals surface area contributed by atoms with Crippen LogP contribution in [0, 0.1) is 0 Å². The molecule has 2 aromatic rings. The maximum absolute atomic E-state index is 12.5. The fourth-order valence-corrected chi connectivity index (χ4v) is 3.20. The van der Waals surface area contributed by atoms with E-state index in [0.29, 0.717) is 16.9 Å². The molecule has 28 heavy (non-hydrogen) atoms. The van der Waals surface area contributed by atoms with E-state index in [-0.39, 0.29) is 5.91 Å². The number of amides is 1. The number of nitrogens with zero attached hydrogens (tertiary/aromatic N) is 1. The number of benzene rings is 1. The number of allylic oxidation sites excluding steroid dienone is 1. The van der Waals surface area contributed by atoms with Gasteiger partial charge in [0.2, 0.25) is 0 Å². The van der Waals surface area contributed by atoms with E-state index < -0.39 is 5.97 Å². The van der Waals surface area contributed by atoms with Crippen molar-refractivity contribution in [3.8, 4) is 0 Å². The molecule has 146 valence electrons. The van der Waals surface area contributed by atoms with Crippen molar-refractivity contribution >= 4 is 23.3 Å². The second-order valence-corrected chi connectivity index (χ2v) is 6.74. The van der Waals surface area contributed by atoms with Crippen molar-refractivity contribution in [2.24, 2.45) is 0 Å². The van der Waals surface area contributed by atoms with Crippen LogP contribution in [-0.4, -0.2) is 30.5 Å². The first-order valence-corrected chi connectivity index (χ1v) is 9.53. The molecule has 1 aliphatic rings. The van der Waals surface area contributed by atoms with E-state index >= 15 is 0 Å². The van der Waals surface area contributed by atoms with E-state index in [2.05, 4.69) is 21.7 Å². The summed E-state index contributed by atoms with van der Waals surface area (Å²) in [5.41, 5.74) is 3.57. The molecule has 1 amide bonds. The van der Waals surface area contributed by atoms with Crippen LogP contribution in [-0.2, 0) is 4.74 Å². The van der Waals surface area contributed by atoms with Gasteiger partial charge in [-0.3, -0.25) is 9.78 Å². The van der Waals surface area contributed by atoms with Gasteiger partial charge in [-0.05, 0) is 62.4 Å². The Morgan fingerprint density at radius 2 is 2.04 bits per heavy atom. The van der Waals surface area contributed by atoms with Gasteiger partial charge in [-0.25, -0.2) is 4.79 Å². The molecular weight excluding hydrogens is 354 g/mol. The number of hydrogen-bond donors (Lipinski definition) is 2. The van der Waals surface area contributed by atoms with Crippen LogP contribution in [0.25, 0.3) is 0 Å². The number of hydrogen-bond acceptors (Lipinski definition) is 5. The number of ether oxygens (including phenoxy) is 1. The van der Waals surface area contributed by atoms with Crippen LogP contribution in [0.3, 0.4) is 0 Å². The molecule has 0 atom stereocenters. The highest BCUT2D eigenvalue weighted by molar-refractivity contribution is 6.04. The van der Waals surface area contributed by atoms with Gasteiger partial charge < -0.3 is 15.4 Å². The molecule has 0 radical (unpaired) electrons. The number of carbonyl (C=O) groups is 2. The van der Waals surface area contributed by atoms with Crippen molar-refractivity contribution in [1.82, 2.24) is 4.98 Å². The maximum atomic E-state index is 12.5. The van der Waals surface area contributed by atoms with E-state index in [4.69, 9.17) is 4.74 Å². The number of aromatic nitrogens is 1. The zero-order valence-electron chi connectivity index (χ0n) is 16.0. The van der Waals surface area contributed by atoms with Crippen molar-refractivity contribution in [1.29, 1.82) is 0 Å². The van der Waals surface area contributed by atoms with Crippen molar-refractivity contribution in [3.05, 3.63) is 65.5 Å². The first-order valence-electron chi connectivity index (χ1n) is 9.53. The van der Waals surface area contributed by atoms with Crippen molar-refractivity contribution in [3.63, 3.8) is 0 Å². The molecule has 0 fully saturated rings. The Kier molecular flexibility index (Phi) is 6.78. The second kappa shape index (κ2) is 9.69. The summed E-state index contributed by atoms with van der Waals surface area (Å²) in [6.07, 6.45) is 9.93. The lowest BCUT2D eigenvalue weighted by atomic mass is 9.97. The van der Waals surface area contributed by atoms with E-state index in [0.717, 1.165) is 18.7 Å². The Bertz CT molecular complexity index is 877. The topological polar surface area (TPSA) is 80.3 Å². The van der Waals surface area contributed by atoms with E-state index in [9.17, 15) is 9.59 Å². The SMILES string of the molecule is COC(=O)c1cccc(NC(=O)c2cc(NCCC3=CCCCC3)ccn2)c1. The Hall–Kier alpha value is -3.15. The lowest BCUT2D eigenvalue weighted by Crippen LogP contribution is -2.15. The quantitative estimate of drug-likeness (QED) is 0.550. The summed E-state index contributed by atoms with van der Waals surface area (Å²) in [5.74, 6) is -0.783. The van der Waals surface area contributed by atoms with Gasteiger partial charge in [-0.2, -0.15) is 0 Å². The van der Waals surface area contributed by atoms with Gasteiger partial charge in [0.1, 0.15) is 5.69 Å². The van der Waals surface area contributed by atoms with Crippen molar-refractivity contribution < 1.29 is 14.3 Å². The largest absolute Gasteiger partial charge is 0.465 e. The molecule has 3 rings (SSSR count). The molecule has 6 heteroatoms. The monoisotopic (exact) mass is 379 g/mol. The Morgan fingerprint density at radius 3 is 2.82 bits per heavy atom. The van der Waals surface area contributed by atoms with E-state index in [1.807, 2.05) is 6.07 Å². The van der Waals surface area contributed by atoms with Crippen LogP contribution in [0.5, 0.6) is 0 Å². The number of rotatable bonds is 7. The van der Waals surface area contributed by atoms with Gasteiger partial charge in [-0.1, -0.05) is 17.7 Å². The molecule has 1 aliphatic carbocycles. The lowest BCUT2D eigenvalue weighted by Gasteiger charge is -2.13. The average Bonchev–Trinajstić information content (AvgIpc) is 2.74. The highest BCUT2D eigenvalue weighted by Gasteiger charge is 2.11. The molecule has 0 aliphatic heterocycles. The zero-order chi connectivity index (χ0) is 19.8. The summed E-state index contributed by atoms with van der Waals surface area (Å²) in [5, 5.41) is 6.13. The summed E-state index contributed by atoms with van der Waals surface area (Å²) in [4.78, 5) is 28.3. The first kappa shape index (κ1) is 19.6. The number of methoxy groups -OCH3 is 1. The van der Waals surface area contributed by atoms with Gasteiger partial charge in [0.15, 0.2) is 0 Å². The van der Waals surface area contributed by atoms with Gasteiger partial charge in [-0.15, -0.1) is 0 Å². The van der Waals surface area contributed by atoms with Gasteiger partial charge >= 0.3 is 5.97 Å². The van der Waals surface area contributed by atoms with Crippen LogP contribution in [0.15, 0.2) is 54.2 Å². The highest BCUT2D eigenvalue weighted by Crippen LogP contribution is 2.20. The third-order valence-electron chi connectivity index (χ3n) is 4.69. The summed E-state index contributed by atoms with van der Waals surface area (Å²) >= 11 is 0. The molecule has 6 nitrogen and oxygen atoms in total. The number of carbonyl (C=O) groups excluding carboxylic acids is 2. The molecule has 1 aromatic carbocycles. The minimum atomic E-state index is -0.450. The van der Waals surface area contributed by atoms with Crippen LogP contribution < -0.4 is 10.6 Å². The summed E-state index contributed by atoms with van der Waals surface area (Å²) in [6, 6.07) is 10.2. The normalized spacial score (nSPS) is 13.4. The molecule has 0 spiro atoms. The Balaban J connectivity index is 1.59. The van der Waals surface area contributed by atoms with Crippen molar-refractivity contribution in [2.45, 2.75) is 32.1 Å². The number of nitrogens with one attached hydrogen (secondary N) is 2. The van der Waals surface area contributed by atoms with Crippen LogP contribution in [0.1, 0.15) is 53.0 Å². The van der Waals surface area contributed by atoms with E-state index in [1.54, 1.807) is 36.5 Å². The predicted molar refractivity (Wildman–Crippen MR) is 110 cm³/mol. The molecule has 2 N–H and O–H groups in total. The predicted octanol–water partition coefficient (Wildman–Crippen LogP) is 4.42. The highest BCUT2D eigenvalue weighted by atomic mass is 16.5. The summed E-state index contributed by atoms with van der Waals surface area (Å²) in [7, 11) is 1.32. The maximum Gasteiger partial charge on any atom is 0.337 e. The third kappa shape index (κ3) is 5.42. The second-order valence-electron chi connectivity index (χ2n) is 6.74. The van der Waals surface area contributed by atoms with Gasteiger partial charge in [0.25, 0.3) is 5.91 Å². The zero-order valence-corrected chi connectivity index (χ0v) is 16.0. The Morgan fingerprint density at radius 1 is 1.14 bits per heavy atom. The van der Waals surface area contributed by atoms with Crippen molar-refractivity contribution in [2.75, 3.05) is 24.3 Å². The fourth-order valence-electron chi connectivity index (χ4n) is 3.20. The number of anilines is 2. The molecule has 0 saturated heterocycles. The summed E-state index contributed by atoms with van der Waals surface area (Å²) in [6.45, 7) is 0.831. The minimum absolute atomic E-state index is 0.311. The molecule has 0 saturated carbocycles. The number of esters is 1. The number of pyridine rings is 1. The smallest absolute Gasteiger partial charge is 0.337 e. The molecule has 0 bridgehead atoms. The van der Waals surface area contributed by atoms with Crippen LogP contribution in [0.2, 0.25) is 0 Å². The lowest BCUT2D eigenvalue weighted by molar-refractivity contribution is 0.0600. The van der Waals surface area contributed by atoms with Gasteiger partial charge in [0.05, 0.1) is 12.7 Å². The Labute approximate surface area is 165 Å². The fraction of sp³-hybridized carbons (Fsp3) is 0.318. The van der Waals surface area contributed by atoms with Crippen LogP contribution in [0.4, 0.5) is 11.4 Å². The molecule has 1 heterocycles. The molecule has 1 aromatic heterocycles. The average molecular weight is 379 g/mol. The summed E-state index contributed by atoms with van der Waals surface area (Å²) < 4.78 is 4.70. The standard InChI is InChI=1S/C22H25N3O3/c1-28-22(27)17-8-5-9-19(14-17)25-21(26)20-15-18(11-13-24-20)23-12-10-16-6-3-2-4-7-16/h5-6,8-9,11,13-15H,2-4,7,10,12H2,1H3,(H,23,24)(H,25,26). The van der Waals surface area contributed by atoms with Crippen LogP contribution >= 0.6 is 0 Å². The third-order valence-corrected chi connectivity index (χ3v) is 4.69. The first-order chi connectivity index (χ1) is 13.7. The minimum Gasteiger partial charge on any atom is -0.465 e. The van der Waals surface area contributed by atoms with E-state index in [1.165, 1.54) is 38.4 Å². The molecular formula is C22H25N3O3. The van der Waals surface area contributed by atoms with Gasteiger partial charge in [0, 0.05) is 24.1 Å².